The van der Waals surface area contributed by atoms with Crippen LogP contribution in [0.4, 0.5) is 10.5 Å². The van der Waals surface area contributed by atoms with Crippen LogP contribution in [-0.2, 0) is 19.1 Å². The molecule has 0 spiro atoms. The zero-order valence-electron chi connectivity index (χ0n) is 17.6. The normalized spacial score (nSPS) is 18.1. The Kier molecular flexibility index (Phi) is 7.62. The van der Waals surface area contributed by atoms with Crippen LogP contribution in [0.2, 0.25) is 0 Å². The van der Waals surface area contributed by atoms with Crippen LogP contribution in [-0.4, -0.2) is 61.6 Å². The molecular weight excluding hydrogens is 394 g/mol. The summed E-state index contributed by atoms with van der Waals surface area (Å²) in [6.07, 6.45) is 2.11. The van der Waals surface area contributed by atoms with Gasteiger partial charge in [-0.1, -0.05) is 19.8 Å². The molecule has 1 atom stereocenters. The third kappa shape index (κ3) is 5.40. The molecule has 1 aliphatic heterocycles. The van der Waals surface area contributed by atoms with Gasteiger partial charge in [0, 0.05) is 6.07 Å². The van der Waals surface area contributed by atoms with E-state index >= 15 is 0 Å². The Morgan fingerprint density at radius 1 is 1.20 bits per heavy atom. The summed E-state index contributed by atoms with van der Waals surface area (Å²) >= 11 is 0. The molecule has 1 saturated heterocycles. The van der Waals surface area contributed by atoms with Gasteiger partial charge in [-0.15, -0.1) is 0 Å². The molecule has 2 rings (SSSR count). The van der Waals surface area contributed by atoms with Crippen molar-refractivity contribution in [2.24, 2.45) is 0 Å². The largest absolute Gasteiger partial charge is 0.497 e. The van der Waals surface area contributed by atoms with Crippen molar-refractivity contribution in [2.45, 2.75) is 38.6 Å². The highest BCUT2D eigenvalue weighted by molar-refractivity contribution is 6.08. The van der Waals surface area contributed by atoms with Gasteiger partial charge in [-0.25, -0.2) is 4.79 Å². The van der Waals surface area contributed by atoms with Crippen molar-refractivity contribution >= 4 is 29.5 Å². The van der Waals surface area contributed by atoms with E-state index < -0.39 is 42.5 Å². The summed E-state index contributed by atoms with van der Waals surface area (Å²) in [4.78, 5) is 49.6. The molecule has 1 aromatic carbocycles. The van der Waals surface area contributed by atoms with Crippen LogP contribution in [0, 0.1) is 0 Å². The van der Waals surface area contributed by atoms with E-state index in [2.05, 4.69) is 10.6 Å². The Balaban J connectivity index is 1.88. The molecule has 1 heterocycles. The van der Waals surface area contributed by atoms with Crippen molar-refractivity contribution in [1.29, 1.82) is 0 Å². The molecule has 4 amide bonds. The second-order valence-corrected chi connectivity index (χ2v) is 7.03. The predicted octanol–water partition coefficient (Wildman–Crippen LogP) is 1.69. The van der Waals surface area contributed by atoms with Crippen molar-refractivity contribution in [1.82, 2.24) is 10.2 Å². The number of carbonyl (C=O) groups is 4. The lowest BCUT2D eigenvalue weighted by atomic mass is 9.95. The summed E-state index contributed by atoms with van der Waals surface area (Å²) in [6, 6.07) is 4.16. The molecule has 1 aliphatic rings. The van der Waals surface area contributed by atoms with Crippen LogP contribution in [0.1, 0.15) is 33.1 Å². The Hall–Kier alpha value is -3.30. The molecule has 0 saturated carbocycles. The van der Waals surface area contributed by atoms with Crippen LogP contribution in [0.5, 0.6) is 11.5 Å². The second-order valence-electron chi connectivity index (χ2n) is 7.03. The minimum atomic E-state index is -1.03. The topological polar surface area (TPSA) is 123 Å². The van der Waals surface area contributed by atoms with Gasteiger partial charge in [0.05, 0.1) is 19.9 Å². The average Bonchev–Trinajstić information content (AvgIpc) is 2.94. The maximum absolute atomic E-state index is 12.5. The highest BCUT2D eigenvalue weighted by Crippen LogP contribution is 2.29. The second kappa shape index (κ2) is 9.95. The standard InChI is InChI=1S/C20H27N3O7/c1-5-6-9-20(2)18(26)23(19(27)22-20)11-17(25)30-12-16(24)21-14-8-7-13(28-3)10-15(14)29-4/h7-8,10H,5-6,9,11-12H2,1-4H3,(H,21,24)(H,22,27)/t20-/m1/s1. The van der Waals surface area contributed by atoms with E-state index in [1.165, 1.54) is 14.2 Å². The van der Waals surface area contributed by atoms with Crippen molar-refractivity contribution in [3.8, 4) is 11.5 Å². The number of esters is 1. The van der Waals surface area contributed by atoms with Gasteiger partial charge in [-0.3, -0.25) is 19.3 Å². The number of hydrogen-bond acceptors (Lipinski definition) is 7. The first-order valence-electron chi connectivity index (χ1n) is 9.55. The Morgan fingerprint density at radius 2 is 1.93 bits per heavy atom. The number of unbranched alkanes of at least 4 members (excludes halogenated alkanes) is 1. The number of ether oxygens (including phenoxy) is 3. The lowest BCUT2D eigenvalue weighted by Gasteiger charge is -2.21. The quantitative estimate of drug-likeness (QED) is 0.435. The van der Waals surface area contributed by atoms with Crippen LogP contribution in [0.25, 0.3) is 0 Å². The zero-order valence-corrected chi connectivity index (χ0v) is 17.6. The maximum atomic E-state index is 12.5. The van der Waals surface area contributed by atoms with Gasteiger partial charge in [0.1, 0.15) is 23.6 Å². The fourth-order valence-electron chi connectivity index (χ4n) is 3.00. The van der Waals surface area contributed by atoms with Crippen molar-refractivity contribution in [3.05, 3.63) is 18.2 Å². The van der Waals surface area contributed by atoms with Crippen LogP contribution >= 0.6 is 0 Å². The summed E-state index contributed by atoms with van der Waals surface area (Å²) in [5, 5.41) is 5.18. The highest BCUT2D eigenvalue weighted by atomic mass is 16.5. The maximum Gasteiger partial charge on any atom is 0.326 e. The molecule has 10 nitrogen and oxygen atoms in total. The lowest BCUT2D eigenvalue weighted by molar-refractivity contribution is -0.150. The van der Waals surface area contributed by atoms with Crippen molar-refractivity contribution in [2.75, 3.05) is 32.7 Å². The molecule has 10 heteroatoms. The molecule has 164 valence electrons. The molecule has 0 bridgehead atoms. The number of methoxy groups -OCH3 is 2. The molecule has 0 unspecified atom stereocenters. The number of carbonyl (C=O) groups excluding carboxylic acids is 4. The average molecular weight is 421 g/mol. The third-order valence-corrected chi connectivity index (χ3v) is 4.71. The number of hydrogen-bond donors (Lipinski definition) is 2. The van der Waals surface area contributed by atoms with Crippen LogP contribution in [0.15, 0.2) is 18.2 Å². The first-order chi connectivity index (χ1) is 14.2. The van der Waals surface area contributed by atoms with E-state index in [4.69, 9.17) is 14.2 Å². The van der Waals surface area contributed by atoms with Gasteiger partial charge in [-0.05, 0) is 25.5 Å². The highest BCUT2D eigenvalue weighted by Gasteiger charge is 2.47. The molecule has 30 heavy (non-hydrogen) atoms. The Labute approximate surface area is 174 Å². The molecular formula is C20H27N3O7. The number of urea groups is 1. The van der Waals surface area contributed by atoms with Gasteiger partial charge < -0.3 is 24.8 Å². The molecule has 0 radical (unpaired) electrons. The predicted molar refractivity (Wildman–Crippen MR) is 107 cm³/mol. The number of nitrogens with zero attached hydrogens (tertiary/aromatic N) is 1. The van der Waals surface area contributed by atoms with Gasteiger partial charge >= 0.3 is 12.0 Å². The SMILES string of the molecule is CCCC[C@@]1(C)NC(=O)N(CC(=O)OCC(=O)Nc2ccc(OC)cc2OC)C1=O. The molecule has 2 N–H and O–H groups in total. The van der Waals surface area contributed by atoms with E-state index in [-0.39, 0.29) is 0 Å². The molecule has 1 fully saturated rings. The number of amides is 4. The monoisotopic (exact) mass is 421 g/mol. The van der Waals surface area contributed by atoms with Crippen LogP contribution in [0.3, 0.4) is 0 Å². The number of nitrogens with one attached hydrogen (secondary N) is 2. The Bertz CT molecular complexity index is 827. The van der Waals surface area contributed by atoms with Gasteiger partial charge in [0.15, 0.2) is 6.61 Å². The summed E-state index contributed by atoms with van der Waals surface area (Å²) in [5.74, 6) is -1.02. The Morgan fingerprint density at radius 3 is 2.57 bits per heavy atom. The zero-order chi connectivity index (χ0) is 22.3. The number of imide groups is 1. The molecule has 1 aromatic rings. The minimum Gasteiger partial charge on any atom is -0.497 e. The van der Waals surface area contributed by atoms with Gasteiger partial charge in [-0.2, -0.15) is 0 Å². The molecule has 0 aliphatic carbocycles. The third-order valence-electron chi connectivity index (χ3n) is 4.71. The minimum absolute atomic E-state index is 0.375. The van der Waals surface area contributed by atoms with Crippen molar-refractivity contribution < 1.29 is 33.4 Å². The van der Waals surface area contributed by atoms with Gasteiger partial charge in [0.25, 0.3) is 11.8 Å². The summed E-state index contributed by atoms with van der Waals surface area (Å²) in [5.41, 5.74) is -0.657. The first-order valence-corrected chi connectivity index (χ1v) is 9.55. The van der Waals surface area contributed by atoms with E-state index in [1.54, 1.807) is 25.1 Å². The summed E-state index contributed by atoms with van der Waals surface area (Å²) in [6.45, 7) is 2.46. The first kappa shape index (κ1) is 23.0. The smallest absolute Gasteiger partial charge is 0.326 e. The van der Waals surface area contributed by atoms with Gasteiger partial charge in [0.2, 0.25) is 0 Å². The summed E-state index contributed by atoms with van der Waals surface area (Å²) < 4.78 is 15.2. The fourth-order valence-corrected chi connectivity index (χ4v) is 3.00. The van der Waals surface area contributed by atoms with Crippen molar-refractivity contribution in [3.63, 3.8) is 0 Å². The molecule has 0 aromatic heterocycles. The lowest BCUT2D eigenvalue weighted by Crippen LogP contribution is -2.44. The van der Waals surface area contributed by atoms with Crippen LogP contribution < -0.4 is 20.1 Å². The van der Waals surface area contributed by atoms with E-state index in [9.17, 15) is 19.2 Å². The fraction of sp³-hybridized carbons (Fsp3) is 0.500. The number of benzene rings is 1. The van der Waals surface area contributed by atoms with E-state index in [1.807, 2.05) is 6.92 Å². The number of anilines is 1. The van der Waals surface area contributed by atoms with E-state index in [0.29, 0.717) is 23.6 Å². The number of rotatable bonds is 10. The van der Waals surface area contributed by atoms with E-state index in [0.717, 1.165) is 17.7 Å². The summed E-state index contributed by atoms with van der Waals surface area (Å²) in [7, 11) is 2.95.